The van der Waals surface area contributed by atoms with Crippen LogP contribution in [0.5, 0.6) is 0 Å². The zero-order chi connectivity index (χ0) is 26.9. The van der Waals surface area contributed by atoms with Crippen LogP contribution in [0.2, 0.25) is 0 Å². The number of fused-ring (bicyclic) bond motifs is 1. The fourth-order valence-corrected chi connectivity index (χ4v) is 5.49. The van der Waals surface area contributed by atoms with Crippen molar-refractivity contribution in [1.29, 1.82) is 0 Å². The number of piperidine rings is 1. The quantitative estimate of drug-likeness (QED) is 0.497. The van der Waals surface area contributed by atoms with Crippen molar-refractivity contribution in [3.63, 3.8) is 0 Å². The maximum Gasteiger partial charge on any atom is 0.417 e. The average Bonchev–Trinajstić information content (AvgIpc) is 3.34. The lowest BCUT2D eigenvalue weighted by atomic mass is 10.00. The van der Waals surface area contributed by atoms with Crippen LogP contribution in [0.25, 0.3) is 0 Å². The Morgan fingerprint density at radius 1 is 1.00 bits per heavy atom. The molecule has 1 aliphatic carbocycles. The van der Waals surface area contributed by atoms with Gasteiger partial charge in [0.05, 0.1) is 17.2 Å². The Morgan fingerprint density at radius 2 is 1.71 bits per heavy atom. The van der Waals surface area contributed by atoms with Gasteiger partial charge in [-0.1, -0.05) is 18.2 Å². The number of nitrogens with one attached hydrogen (secondary N) is 1. The minimum absolute atomic E-state index is 0.100. The van der Waals surface area contributed by atoms with E-state index in [0.29, 0.717) is 18.4 Å². The van der Waals surface area contributed by atoms with Crippen LogP contribution in [0.15, 0.2) is 67.0 Å². The normalized spacial score (nSPS) is 17.7. The van der Waals surface area contributed by atoms with E-state index in [4.69, 9.17) is 0 Å². The summed E-state index contributed by atoms with van der Waals surface area (Å²) in [5, 5.41) is 2.77. The van der Waals surface area contributed by atoms with Crippen LogP contribution in [0, 0.1) is 0 Å². The first kappa shape index (κ1) is 25.8. The molecule has 1 N–H and O–H groups in total. The molecule has 198 valence electrons. The highest BCUT2D eigenvalue weighted by Crippen LogP contribution is 2.35. The maximum absolute atomic E-state index is 13.4. The number of carbonyl (C=O) groups is 2. The number of aryl methyl sites for hydroxylation is 1. The number of hydrogen-bond donors (Lipinski definition) is 1. The lowest BCUT2D eigenvalue weighted by molar-refractivity contribution is -0.137. The Labute approximate surface area is 219 Å². The molecule has 0 spiro atoms. The summed E-state index contributed by atoms with van der Waals surface area (Å²) in [6.45, 7) is 1.67. The number of hydrogen-bond acceptors (Lipinski definition) is 4. The number of aromatic nitrogens is 1. The van der Waals surface area contributed by atoms with Gasteiger partial charge in [0.25, 0.3) is 11.8 Å². The van der Waals surface area contributed by atoms with Gasteiger partial charge in [-0.05, 0) is 73.2 Å². The number of rotatable bonds is 5. The van der Waals surface area contributed by atoms with E-state index in [1.807, 2.05) is 25.2 Å². The molecular weight excluding hydrogens is 493 g/mol. The molecule has 2 heterocycles. The van der Waals surface area contributed by atoms with E-state index in [1.165, 1.54) is 18.2 Å². The van der Waals surface area contributed by atoms with Gasteiger partial charge in [0.1, 0.15) is 0 Å². The maximum atomic E-state index is 13.4. The van der Waals surface area contributed by atoms with E-state index in [-0.39, 0.29) is 11.9 Å². The fraction of sp³-hybridized carbons (Fsp3) is 0.345. The third kappa shape index (κ3) is 5.23. The molecule has 0 bridgehead atoms. The second-order valence-corrected chi connectivity index (χ2v) is 9.86. The summed E-state index contributed by atoms with van der Waals surface area (Å²) in [4.78, 5) is 34.4. The third-order valence-corrected chi connectivity index (χ3v) is 7.61. The van der Waals surface area contributed by atoms with Crippen LogP contribution in [-0.2, 0) is 12.6 Å². The van der Waals surface area contributed by atoms with Crippen molar-refractivity contribution in [2.45, 2.75) is 43.9 Å². The number of carbonyl (C=O) groups excluding carboxylic acids is 2. The molecule has 38 heavy (non-hydrogen) atoms. The standard InChI is InChI=1S/C29H29F3N4O2/c1-35(21-12-16-36(17-13-21)22-10-14-33-15-11-22)28(38)20-7-6-19-8-9-26(24(19)18-20)34-27(37)23-4-2-3-5-25(23)29(30,31)32/h2-7,10-11,14-15,18,21,26H,8-9,12-13,16-17H2,1H3,(H,34,37)/t26-/m1/s1. The molecule has 3 aromatic rings. The molecule has 2 amide bonds. The number of anilines is 1. The molecule has 1 atom stereocenters. The van der Waals surface area contributed by atoms with Crippen LogP contribution < -0.4 is 10.2 Å². The number of benzene rings is 2. The number of alkyl halides is 3. The van der Waals surface area contributed by atoms with E-state index in [9.17, 15) is 22.8 Å². The summed E-state index contributed by atoms with van der Waals surface area (Å²) in [5.74, 6) is -0.875. The predicted octanol–water partition coefficient (Wildman–Crippen LogP) is 5.26. The molecule has 1 aromatic heterocycles. The minimum Gasteiger partial charge on any atom is -0.371 e. The van der Waals surface area contributed by atoms with Crippen LogP contribution in [0.3, 0.4) is 0 Å². The number of pyridine rings is 1. The molecule has 0 saturated carbocycles. The minimum atomic E-state index is -4.62. The molecule has 9 heteroatoms. The van der Waals surface area contributed by atoms with Crippen molar-refractivity contribution in [2.24, 2.45) is 0 Å². The van der Waals surface area contributed by atoms with Crippen molar-refractivity contribution >= 4 is 17.5 Å². The second-order valence-electron chi connectivity index (χ2n) is 9.86. The number of amides is 2. The first-order valence-electron chi connectivity index (χ1n) is 12.7. The Bertz CT molecular complexity index is 1320. The zero-order valence-corrected chi connectivity index (χ0v) is 21.0. The SMILES string of the molecule is CN(C(=O)c1ccc2c(c1)[C@H](NC(=O)c1ccccc1C(F)(F)F)CC2)C1CCN(c2ccncc2)CC1. The third-order valence-electron chi connectivity index (χ3n) is 7.61. The van der Waals surface area contributed by atoms with E-state index in [2.05, 4.69) is 15.2 Å². The number of halogens is 3. The summed E-state index contributed by atoms with van der Waals surface area (Å²) in [6.07, 6.45) is 1.85. The van der Waals surface area contributed by atoms with Gasteiger partial charge >= 0.3 is 6.18 Å². The van der Waals surface area contributed by atoms with Gasteiger partial charge in [-0.3, -0.25) is 14.6 Å². The summed E-state index contributed by atoms with van der Waals surface area (Å²) in [7, 11) is 1.82. The molecule has 0 radical (unpaired) electrons. The lowest BCUT2D eigenvalue weighted by Gasteiger charge is -2.38. The summed E-state index contributed by atoms with van der Waals surface area (Å²) < 4.78 is 40.2. The monoisotopic (exact) mass is 522 g/mol. The Balaban J connectivity index is 1.27. The molecule has 1 fully saturated rings. The Hall–Kier alpha value is -3.88. The van der Waals surface area contributed by atoms with Crippen LogP contribution >= 0.6 is 0 Å². The molecule has 5 rings (SSSR count). The molecule has 6 nitrogen and oxygen atoms in total. The zero-order valence-electron chi connectivity index (χ0n) is 21.0. The average molecular weight is 523 g/mol. The highest BCUT2D eigenvalue weighted by Gasteiger charge is 2.36. The fourth-order valence-electron chi connectivity index (χ4n) is 5.49. The highest BCUT2D eigenvalue weighted by molar-refractivity contribution is 5.97. The molecular formula is C29H29F3N4O2. The molecule has 1 aliphatic heterocycles. The largest absolute Gasteiger partial charge is 0.417 e. The summed E-state index contributed by atoms with van der Waals surface area (Å²) >= 11 is 0. The second kappa shape index (κ2) is 10.5. The highest BCUT2D eigenvalue weighted by atomic mass is 19.4. The Kier molecular flexibility index (Phi) is 7.10. The first-order chi connectivity index (χ1) is 18.2. The molecule has 2 aromatic carbocycles. The van der Waals surface area contributed by atoms with Gasteiger partial charge in [0, 0.05) is 49.8 Å². The van der Waals surface area contributed by atoms with Crippen molar-refractivity contribution in [2.75, 3.05) is 25.0 Å². The van der Waals surface area contributed by atoms with Crippen LogP contribution in [0.4, 0.5) is 18.9 Å². The van der Waals surface area contributed by atoms with Crippen LogP contribution in [-0.4, -0.2) is 47.9 Å². The predicted molar refractivity (Wildman–Crippen MR) is 138 cm³/mol. The van der Waals surface area contributed by atoms with Crippen molar-refractivity contribution in [3.05, 3.63) is 94.8 Å². The van der Waals surface area contributed by atoms with E-state index >= 15 is 0 Å². The molecule has 2 aliphatic rings. The Morgan fingerprint density at radius 3 is 2.42 bits per heavy atom. The van der Waals surface area contributed by atoms with Gasteiger partial charge in [-0.15, -0.1) is 0 Å². The van der Waals surface area contributed by atoms with Crippen molar-refractivity contribution < 1.29 is 22.8 Å². The number of nitrogens with zero attached hydrogens (tertiary/aromatic N) is 3. The van der Waals surface area contributed by atoms with E-state index in [0.717, 1.165) is 48.8 Å². The van der Waals surface area contributed by atoms with E-state index < -0.39 is 29.3 Å². The molecule has 0 unspecified atom stereocenters. The molecule has 1 saturated heterocycles. The summed E-state index contributed by atoms with van der Waals surface area (Å²) in [6, 6.07) is 13.9. The van der Waals surface area contributed by atoms with Gasteiger partial charge in [0.2, 0.25) is 0 Å². The van der Waals surface area contributed by atoms with Crippen molar-refractivity contribution in [1.82, 2.24) is 15.2 Å². The first-order valence-corrected chi connectivity index (χ1v) is 12.7. The van der Waals surface area contributed by atoms with Crippen molar-refractivity contribution in [3.8, 4) is 0 Å². The van der Waals surface area contributed by atoms with Gasteiger partial charge in [0.15, 0.2) is 0 Å². The van der Waals surface area contributed by atoms with Gasteiger partial charge in [-0.2, -0.15) is 13.2 Å². The van der Waals surface area contributed by atoms with E-state index in [1.54, 1.807) is 29.4 Å². The lowest BCUT2D eigenvalue weighted by Crippen LogP contribution is -2.45. The van der Waals surface area contributed by atoms with Gasteiger partial charge in [-0.25, -0.2) is 0 Å². The van der Waals surface area contributed by atoms with Crippen LogP contribution in [0.1, 0.15) is 62.7 Å². The van der Waals surface area contributed by atoms with Gasteiger partial charge < -0.3 is 15.1 Å². The summed E-state index contributed by atoms with van der Waals surface area (Å²) in [5.41, 5.74) is 2.05. The smallest absolute Gasteiger partial charge is 0.371 e. The topological polar surface area (TPSA) is 65.5 Å².